The molecular weight excluding hydrogens is 296 g/mol. The molecule has 1 N–H and O–H groups in total. The van der Waals surface area contributed by atoms with Crippen molar-refractivity contribution in [3.05, 3.63) is 46.1 Å². The van der Waals surface area contributed by atoms with Crippen LogP contribution < -0.4 is 5.56 Å². The highest BCUT2D eigenvalue weighted by atomic mass is 32.2. The summed E-state index contributed by atoms with van der Waals surface area (Å²) in [6.07, 6.45) is -2.98. The number of hydrogen-bond donors (Lipinski definition) is 1. The van der Waals surface area contributed by atoms with Gasteiger partial charge in [0, 0.05) is 17.2 Å². The number of H-pyrrole nitrogens is 1. The highest BCUT2D eigenvalue weighted by Crippen LogP contribution is 2.31. The number of hydrogen-bond acceptors (Lipinski definition) is 2. The van der Waals surface area contributed by atoms with Gasteiger partial charge < -0.3 is 0 Å². The van der Waals surface area contributed by atoms with E-state index in [-0.39, 0.29) is 5.69 Å². The summed E-state index contributed by atoms with van der Waals surface area (Å²) >= 11 is 0.581. The molecule has 0 radical (unpaired) electrons. The second kappa shape index (κ2) is 5.35. The van der Waals surface area contributed by atoms with E-state index in [0.717, 1.165) is 10.7 Å². The van der Waals surface area contributed by atoms with Crippen LogP contribution in [0.15, 0.2) is 34.1 Å². The number of aryl methyl sites for hydroxylation is 1. The molecule has 20 heavy (non-hydrogen) atoms. The van der Waals surface area contributed by atoms with Crippen LogP contribution in [0.5, 0.6) is 0 Å². The molecule has 2 rings (SSSR count). The van der Waals surface area contributed by atoms with E-state index >= 15 is 0 Å². The molecule has 0 spiro atoms. The zero-order valence-electron chi connectivity index (χ0n) is 10.3. The van der Waals surface area contributed by atoms with Crippen molar-refractivity contribution in [2.75, 3.05) is 5.75 Å². The lowest BCUT2D eigenvalue weighted by Crippen LogP contribution is -2.11. The number of aromatic nitrogens is 2. The van der Waals surface area contributed by atoms with Crippen LogP contribution in [0, 0.1) is 12.7 Å². The molecule has 0 amide bonds. The smallest absolute Gasteiger partial charge is 0.268 e. The van der Waals surface area contributed by atoms with Gasteiger partial charge in [-0.3, -0.25) is 14.6 Å². The lowest BCUT2D eigenvalue weighted by atomic mass is 10.2. The Labute approximate surface area is 115 Å². The van der Waals surface area contributed by atoms with Gasteiger partial charge in [0.05, 0.1) is 11.4 Å². The lowest BCUT2D eigenvalue weighted by Gasteiger charge is -2.11. The second-order valence-electron chi connectivity index (χ2n) is 4.13. The monoisotopic (exact) mass is 306 g/mol. The molecule has 0 saturated heterocycles. The standard InChI is InChI=1S/C12H10F4N2OS/c1-7-4-8(13)9(18-3-2-11(19)17-18)5-10(7)20-6-12(14,15)16/h2-5H,6H2,1H3,(H,17,19). The van der Waals surface area contributed by atoms with Gasteiger partial charge in [0.15, 0.2) is 0 Å². The van der Waals surface area contributed by atoms with Gasteiger partial charge in [-0.15, -0.1) is 11.8 Å². The zero-order valence-corrected chi connectivity index (χ0v) is 11.1. The van der Waals surface area contributed by atoms with Crippen LogP contribution in [-0.4, -0.2) is 21.7 Å². The Morgan fingerprint density at radius 1 is 1.35 bits per heavy atom. The maximum absolute atomic E-state index is 13.8. The largest absolute Gasteiger partial charge is 0.398 e. The fourth-order valence-corrected chi connectivity index (χ4v) is 2.42. The van der Waals surface area contributed by atoms with Crippen LogP contribution in [0.2, 0.25) is 0 Å². The third-order valence-electron chi connectivity index (χ3n) is 2.50. The van der Waals surface area contributed by atoms with Gasteiger partial charge in [0.1, 0.15) is 5.82 Å². The first-order valence-electron chi connectivity index (χ1n) is 5.54. The van der Waals surface area contributed by atoms with Gasteiger partial charge in [-0.25, -0.2) is 4.39 Å². The molecule has 0 atom stereocenters. The van der Waals surface area contributed by atoms with Crippen LogP contribution in [0.3, 0.4) is 0 Å². The average molecular weight is 306 g/mol. The zero-order chi connectivity index (χ0) is 14.9. The van der Waals surface area contributed by atoms with E-state index in [0.29, 0.717) is 22.2 Å². The molecular formula is C12H10F4N2OS. The van der Waals surface area contributed by atoms with Gasteiger partial charge in [-0.2, -0.15) is 13.2 Å². The molecule has 2 aromatic rings. The van der Waals surface area contributed by atoms with Crippen LogP contribution in [-0.2, 0) is 0 Å². The van der Waals surface area contributed by atoms with E-state index in [9.17, 15) is 22.4 Å². The SMILES string of the molecule is Cc1cc(F)c(-n2ccc(=O)[nH]2)cc1SCC(F)(F)F. The van der Waals surface area contributed by atoms with Crippen LogP contribution >= 0.6 is 11.8 Å². The predicted octanol–water partition coefficient (Wildman–Crippen LogP) is 3.27. The first-order chi connectivity index (χ1) is 9.26. The lowest BCUT2D eigenvalue weighted by molar-refractivity contribution is -0.105. The van der Waals surface area contributed by atoms with E-state index < -0.39 is 23.3 Å². The van der Waals surface area contributed by atoms with Crippen molar-refractivity contribution in [3.63, 3.8) is 0 Å². The molecule has 108 valence electrons. The first-order valence-corrected chi connectivity index (χ1v) is 6.52. The Morgan fingerprint density at radius 2 is 2.05 bits per heavy atom. The second-order valence-corrected chi connectivity index (χ2v) is 5.15. The van der Waals surface area contributed by atoms with E-state index in [1.165, 1.54) is 25.3 Å². The molecule has 0 fully saturated rings. The number of benzene rings is 1. The molecule has 0 unspecified atom stereocenters. The number of halogens is 4. The highest BCUT2D eigenvalue weighted by molar-refractivity contribution is 7.99. The minimum absolute atomic E-state index is 0.00220. The normalized spacial score (nSPS) is 11.8. The van der Waals surface area contributed by atoms with Crippen LogP contribution in [0.25, 0.3) is 5.69 Å². The minimum atomic E-state index is -4.30. The summed E-state index contributed by atoms with van der Waals surface area (Å²) < 4.78 is 51.7. The van der Waals surface area contributed by atoms with E-state index in [2.05, 4.69) is 5.10 Å². The number of thioether (sulfide) groups is 1. The van der Waals surface area contributed by atoms with Gasteiger partial charge in [-0.1, -0.05) is 0 Å². The molecule has 3 nitrogen and oxygen atoms in total. The van der Waals surface area contributed by atoms with Crippen molar-refractivity contribution in [2.24, 2.45) is 0 Å². The Kier molecular flexibility index (Phi) is 3.94. The molecule has 0 saturated carbocycles. The number of nitrogens with one attached hydrogen (secondary N) is 1. The third kappa shape index (κ3) is 3.44. The van der Waals surface area contributed by atoms with Crippen molar-refractivity contribution < 1.29 is 17.6 Å². The number of alkyl halides is 3. The fourth-order valence-electron chi connectivity index (χ4n) is 1.62. The Morgan fingerprint density at radius 3 is 2.60 bits per heavy atom. The van der Waals surface area contributed by atoms with Crippen molar-refractivity contribution in [3.8, 4) is 5.69 Å². The molecule has 1 heterocycles. The fraction of sp³-hybridized carbons (Fsp3) is 0.250. The van der Waals surface area contributed by atoms with E-state index in [1.54, 1.807) is 0 Å². The Hall–Kier alpha value is -1.70. The highest BCUT2D eigenvalue weighted by Gasteiger charge is 2.27. The maximum Gasteiger partial charge on any atom is 0.398 e. The third-order valence-corrected chi connectivity index (χ3v) is 3.72. The average Bonchev–Trinajstić information content (AvgIpc) is 2.73. The van der Waals surface area contributed by atoms with Gasteiger partial charge in [0.2, 0.25) is 0 Å². The first kappa shape index (κ1) is 14.7. The van der Waals surface area contributed by atoms with Crippen LogP contribution in [0.4, 0.5) is 17.6 Å². The van der Waals surface area contributed by atoms with Crippen molar-refractivity contribution in [2.45, 2.75) is 18.0 Å². The molecule has 0 aliphatic heterocycles. The summed E-state index contributed by atoms with van der Waals surface area (Å²) in [6, 6.07) is 3.63. The van der Waals surface area contributed by atoms with Crippen molar-refractivity contribution >= 4 is 11.8 Å². The molecule has 0 bridgehead atoms. The van der Waals surface area contributed by atoms with Gasteiger partial charge >= 0.3 is 6.18 Å². The summed E-state index contributed by atoms with van der Waals surface area (Å²) in [4.78, 5) is 11.3. The topological polar surface area (TPSA) is 37.8 Å². The summed E-state index contributed by atoms with van der Waals surface area (Å²) in [6.45, 7) is 1.53. The Bertz CT molecular complexity index is 675. The quantitative estimate of drug-likeness (QED) is 0.698. The summed E-state index contributed by atoms with van der Waals surface area (Å²) in [7, 11) is 0. The number of rotatable bonds is 3. The summed E-state index contributed by atoms with van der Waals surface area (Å²) in [5.41, 5.74) is -0.00755. The molecule has 0 aliphatic carbocycles. The van der Waals surface area contributed by atoms with Crippen molar-refractivity contribution in [1.82, 2.24) is 9.78 Å². The summed E-state index contributed by atoms with van der Waals surface area (Å²) in [5, 5.41) is 2.34. The van der Waals surface area contributed by atoms with Crippen LogP contribution in [0.1, 0.15) is 5.56 Å². The minimum Gasteiger partial charge on any atom is -0.268 e. The number of nitrogens with zero attached hydrogens (tertiary/aromatic N) is 1. The van der Waals surface area contributed by atoms with Gasteiger partial charge in [-0.05, 0) is 24.6 Å². The number of aromatic amines is 1. The molecule has 0 aliphatic rings. The molecule has 1 aromatic carbocycles. The maximum atomic E-state index is 13.8. The van der Waals surface area contributed by atoms with E-state index in [1.807, 2.05) is 0 Å². The Balaban J connectivity index is 2.37. The van der Waals surface area contributed by atoms with E-state index in [4.69, 9.17) is 0 Å². The molecule has 8 heteroatoms. The predicted molar refractivity (Wildman–Crippen MR) is 67.9 cm³/mol. The van der Waals surface area contributed by atoms with Crippen molar-refractivity contribution in [1.29, 1.82) is 0 Å². The molecule has 1 aromatic heterocycles. The summed E-state index contributed by atoms with van der Waals surface area (Å²) in [5.74, 6) is -1.67. The van der Waals surface area contributed by atoms with Gasteiger partial charge in [0.25, 0.3) is 5.56 Å².